The molecular formula is C25H34N2O2. The lowest BCUT2D eigenvalue weighted by Crippen LogP contribution is -2.48. The Labute approximate surface area is 175 Å². The molecule has 1 aromatic carbocycles. The lowest BCUT2D eigenvalue weighted by atomic mass is 9.93. The number of likely N-dealkylation sites (tertiary alicyclic amines) is 1. The van der Waals surface area contributed by atoms with Crippen LogP contribution in [0.1, 0.15) is 43.0 Å². The fraction of sp³-hybridized carbons (Fsp3) is 0.480. The zero-order valence-electron chi connectivity index (χ0n) is 18.3. The Balaban J connectivity index is 0.00000145. The molecule has 4 heteroatoms. The molecule has 29 heavy (non-hydrogen) atoms. The predicted molar refractivity (Wildman–Crippen MR) is 119 cm³/mol. The first-order valence-corrected chi connectivity index (χ1v) is 10.3. The topological polar surface area (TPSA) is 52.6 Å². The van der Waals surface area contributed by atoms with Crippen molar-refractivity contribution in [2.24, 2.45) is 11.8 Å². The van der Waals surface area contributed by atoms with Crippen LogP contribution in [0.25, 0.3) is 0 Å². The smallest absolute Gasteiger partial charge is 0.125 e. The van der Waals surface area contributed by atoms with Gasteiger partial charge in [-0.3, -0.25) is 4.90 Å². The molecule has 2 N–H and O–H groups in total. The van der Waals surface area contributed by atoms with Crippen molar-refractivity contribution in [1.82, 2.24) is 10.2 Å². The van der Waals surface area contributed by atoms with E-state index in [-0.39, 0.29) is 12.0 Å². The van der Waals surface area contributed by atoms with Crippen LogP contribution in [-0.2, 0) is 4.79 Å². The molecular weight excluding hydrogens is 360 g/mol. The summed E-state index contributed by atoms with van der Waals surface area (Å²) < 4.78 is 0. The first-order chi connectivity index (χ1) is 14.0. The second-order valence-corrected chi connectivity index (χ2v) is 8.20. The number of carbonyl (C=O) groups is 1. The van der Waals surface area contributed by atoms with Gasteiger partial charge in [-0.05, 0) is 48.1 Å². The van der Waals surface area contributed by atoms with Gasteiger partial charge in [0.15, 0.2) is 0 Å². The Kier molecular flexibility index (Phi) is 8.70. The van der Waals surface area contributed by atoms with Crippen LogP contribution < -0.4 is 5.32 Å². The highest BCUT2D eigenvalue weighted by atomic mass is 16.2. The van der Waals surface area contributed by atoms with Gasteiger partial charge in [-0.25, -0.2) is 0 Å². The van der Waals surface area contributed by atoms with E-state index >= 15 is 0 Å². The second kappa shape index (κ2) is 11.0. The summed E-state index contributed by atoms with van der Waals surface area (Å²) in [6.45, 7) is 11.5. The SMILES string of the molecule is CO.Cc1ccc(C(NC2=CC#CCC(CN3CC(C=O)C3)=C2)C(C)C)cc1C. The van der Waals surface area contributed by atoms with E-state index in [1.807, 2.05) is 6.08 Å². The molecule has 0 amide bonds. The molecule has 1 fully saturated rings. The lowest BCUT2D eigenvalue weighted by Gasteiger charge is -2.36. The second-order valence-electron chi connectivity index (χ2n) is 8.20. The molecule has 156 valence electrons. The van der Waals surface area contributed by atoms with Crippen LogP contribution in [0, 0.1) is 37.5 Å². The first kappa shape index (κ1) is 22.9. The summed E-state index contributed by atoms with van der Waals surface area (Å²) in [6, 6.07) is 6.97. The largest absolute Gasteiger partial charge is 0.400 e. The number of hydrogen-bond acceptors (Lipinski definition) is 4. The fourth-order valence-electron chi connectivity index (χ4n) is 3.68. The fourth-order valence-corrected chi connectivity index (χ4v) is 3.68. The summed E-state index contributed by atoms with van der Waals surface area (Å²) in [5.74, 6) is 7.08. The molecule has 1 atom stereocenters. The van der Waals surface area contributed by atoms with E-state index in [9.17, 15) is 4.79 Å². The highest BCUT2D eigenvalue weighted by Gasteiger charge is 2.26. The van der Waals surface area contributed by atoms with Gasteiger partial charge in [0.1, 0.15) is 6.29 Å². The number of nitrogens with one attached hydrogen (secondary N) is 1. The maximum absolute atomic E-state index is 10.8. The Bertz CT molecular complexity index is 821. The van der Waals surface area contributed by atoms with E-state index in [0.717, 1.165) is 45.1 Å². The normalized spacial score (nSPS) is 17.5. The molecule has 1 aromatic rings. The van der Waals surface area contributed by atoms with E-state index in [2.05, 4.69) is 74.0 Å². The van der Waals surface area contributed by atoms with E-state index in [1.54, 1.807) is 0 Å². The number of nitrogens with zero attached hydrogens (tertiary/aromatic N) is 1. The van der Waals surface area contributed by atoms with Gasteiger partial charge < -0.3 is 15.2 Å². The zero-order valence-corrected chi connectivity index (χ0v) is 18.3. The van der Waals surface area contributed by atoms with Crippen molar-refractivity contribution >= 4 is 6.29 Å². The van der Waals surface area contributed by atoms with Gasteiger partial charge in [-0.1, -0.05) is 43.9 Å². The predicted octanol–water partition coefficient (Wildman–Crippen LogP) is 3.55. The van der Waals surface area contributed by atoms with Gasteiger partial charge in [0, 0.05) is 50.9 Å². The van der Waals surface area contributed by atoms with Gasteiger partial charge in [0.25, 0.3) is 0 Å². The van der Waals surface area contributed by atoms with E-state index in [0.29, 0.717) is 5.92 Å². The van der Waals surface area contributed by atoms with Crippen molar-refractivity contribution in [2.45, 2.75) is 40.2 Å². The molecule has 2 aliphatic rings. The van der Waals surface area contributed by atoms with Gasteiger partial charge in [-0.15, -0.1) is 0 Å². The molecule has 0 spiro atoms. The number of aliphatic hydroxyl groups is 1. The molecule has 1 aliphatic carbocycles. The van der Waals surface area contributed by atoms with Crippen LogP contribution in [0.3, 0.4) is 0 Å². The number of aldehydes is 1. The van der Waals surface area contributed by atoms with Gasteiger partial charge in [0.2, 0.25) is 0 Å². The lowest BCUT2D eigenvalue weighted by molar-refractivity contribution is -0.115. The third kappa shape index (κ3) is 6.32. The molecule has 1 saturated heterocycles. The van der Waals surface area contributed by atoms with E-state index in [1.165, 1.54) is 22.3 Å². The first-order valence-electron chi connectivity index (χ1n) is 10.3. The zero-order chi connectivity index (χ0) is 21.4. The average molecular weight is 395 g/mol. The van der Waals surface area contributed by atoms with Crippen molar-refractivity contribution in [1.29, 1.82) is 0 Å². The summed E-state index contributed by atoms with van der Waals surface area (Å²) >= 11 is 0. The minimum Gasteiger partial charge on any atom is -0.400 e. The monoisotopic (exact) mass is 394 g/mol. The highest BCUT2D eigenvalue weighted by Crippen LogP contribution is 2.26. The molecule has 0 saturated carbocycles. The average Bonchev–Trinajstić information content (AvgIpc) is 2.91. The number of aliphatic hydroxyl groups excluding tert-OH is 1. The standard InChI is InChI=1S/C24H30N2O.CH4O/c1-17(2)24(22-10-9-18(3)19(4)11-22)25-23-8-6-5-7-20(12-23)13-26-14-21(15-26)16-27;1-2/h8-12,16-17,21,24-25H,7,13-15H2,1-4H3;2H,1H3. The molecule has 1 unspecified atom stereocenters. The van der Waals surface area contributed by atoms with E-state index < -0.39 is 0 Å². The Morgan fingerprint density at radius 2 is 1.97 bits per heavy atom. The van der Waals surface area contributed by atoms with Crippen LogP contribution in [0.2, 0.25) is 0 Å². The minimum absolute atomic E-state index is 0.214. The Hall–Kier alpha value is -2.35. The number of rotatable bonds is 7. The Morgan fingerprint density at radius 3 is 2.59 bits per heavy atom. The highest BCUT2D eigenvalue weighted by molar-refractivity contribution is 5.55. The molecule has 3 rings (SSSR count). The number of benzene rings is 1. The third-order valence-electron chi connectivity index (χ3n) is 5.49. The summed E-state index contributed by atoms with van der Waals surface area (Å²) in [4.78, 5) is 13.1. The van der Waals surface area contributed by atoms with Crippen LogP contribution in [0.15, 0.2) is 41.6 Å². The van der Waals surface area contributed by atoms with Crippen LogP contribution in [-0.4, -0.2) is 43.0 Å². The number of carbonyl (C=O) groups excluding carboxylic acids is 1. The quantitative estimate of drug-likeness (QED) is 0.549. The van der Waals surface area contributed by atoms with Crippen LogP contribution in [0.5, 0.6) is 0 Å². The van der Waals surface area contributed by atoms with Crippen molar-refractivity contribution in [3.05, 3.63) is 58.3 Å². The van der Waals surface area contributed by atoms with Gasteiger partial charge >= 0.3 is 0 Å². The number of allylic oxidation sites excluding steroid dienone is 2. The molecule has 1 heterocycles. The third-order valence-corrected chi connectivity index (χ3v) is 5.49. The summed E-state index contributed by atoms with van der Waals surface area (Å²) in [6.07, 6.45) is 6.09. The maximum Gasteiger partial charge on any atom is 0.125 e. The molecule has 0 radical (unpaired) electrons. The van der Waals surface area contributed by atoms with Crippen molar-refractivity contribution < 1.29 is 9.90 Å². The van der Waals surface area contributed by atoms with Crippen LogP contribution in [0.4, 0.5) is 0 Å². The number of hydrogen-bond donors (Lipinski definition) is 2. The molecule has 1 aliphatic heterocycles. The molecule has 0 bridgehead atoms. The summed E-state index contributed by atoms with van der Waals surface area (Å²) in [5.41, 5.74) is 6.36. The molecule has 4 nitrogen and oxygen atoms in total. The van der Waals surface area contributed by atoms with E-state index in [4.69, 9.17) is 5.11 Å². The van der Waals surface area contributed by atoms with Gasteiger partial charge in [-0.2, -0.15) is 0 Å². The maximum atomic E-state index is 10.8. The Morgan fingerprint density at radius 1 is 1.24 bits per heavy atom. The van der Waals surface area contributed by atoms with Crippen LogP contribution >= 0.6 is 0 Å². The van der Waals surface area contributed by atoms with Gasteiger partial charge in [0.05, 0.1) is 6.04 Å². The summed E-state index contributed by atoms with van der Waals surface area (Å²) in [7, 11) is 1.00. The number of aryl methyl sites for hydroxylation is 2. The van der Waals surface area contributed by atoms with Crippen molar-refractivity contribution in [3.63, 3.8) is 0 Å². The minimum atomic E-state index is 0.214. The summed E-state index contributed by atoms with van der Waals surface area (Å²) in [5, 5.41) is 10.7. The van der Waals surface area contributed by atoms with Crippen molar-refractivity contribution in [2.75, 3.05) is 26.7 Å². The van der Waals surface area contributed by atoms with Crippen molar-refractivity contribution in [3.8, 4) is 11.8 Å². The molecule has 0 aromatic heterocycles.